The van der Waals surface area contributed by atoms with Crippen molar-refractivity contribution in [2.24, 2.45) is 5.41 Å². The van der Waals surface area contributed by atoms with Gasteiger partial charge in [-0.25, -0.2) is 0 Å². The highest BCUT2D eigenvalue weighted by Crippen LogP contribution is 2.43. The van der Waals surface area contributed by atoms with E-state index in [2.05, 4.69) is 13.8 Å². The Kier molecular flexibility index (Phi) is 5.63. The summed E-state index contributed by atoms with van der Waals surface area (Å²) in [4.78, 5) is 0. The van der Waals surface area contributed by atoms with Crippen molar-refractivity contribution in [3.63, 3.8) is 0 Å². The van der Waals surface area contributed by atoms with Crippen molar-refractivity contribution in [1.29, 1.82) is 0 Å². The van der Waals surface area contributed by atoms with Gasteiger partial charge < -0.3 is 14.6 Å². The van der Waals surface area contributed by atoms with Gasteiger partial charge in [0.05, 0.1) is 18.3 Å². The molecule has 1 saturated carbocycles. The Morgan fingerprint density at radius 3 is 2.11 bits per heavy atom. The molecule has 1 N–H and O–H groups in total. The fraction of sp³-hybridized carbons (Fsp3) is 1.00. The van der Waals surface area contributed by atoms with Crippen LogP contribution in [0.25, 0.3) is 0 Å². The van der Waals surface area contributed by atoms with Crippen LogP contribution in [0.1, 0.15) is 60.3 Å². The summed E-state index contributed by atoms with van der Waals surface area (Å²) in [5, 5.41) is 10.4. The molecule has 1 unspecified atom stereocenters. The minimum atomic E-state index is -0.518. The van der Waals surface area contributed by atoms with Crippen LogP contribution >= 0.6 is 0 Å². The molecule has 3 nitrogen and oxygen atoms in total. The first kappa shape index (κ1) is 15.9. The third-order valence-electron chi connectivity index (χ3n) is 4.08. The van der Waals surface area contributed by atoms with Crippen molar-refractivity contribution < 1.29 is 14.6 Å². The van der Waals surface area contributed by atoms with Crippen molar-refractivity contribution in [2.45, 2.75) is 78.1 Å². The van der Waals surface area contributed by atoms with E-state index >= 15 is 0 Å². The predicted molar refractivity (Wildman–Crippen MR) is 73.7 cm³/mol. The zero-order chi connectivity index (χ0) is 13.8. The Bertz CT molecular complexity index is 238. The summed E-state index contributed by atoms with van der Waals surface area (Å²) in [6.45, 7) is 11.6. The van der Waals surface area contributed by atoms with Gasteiger partial charge in [-0.05, 0) is 51.9 Å². The first-order valence-corrected chi connectivity index (χ1v) is 7.25. The summed E-state index contributed by atoms with van der Waals surface area (Å²) >= 11 is 0. The maximum Gasteiger partial charge on any atom is 0.106 e. The third-order valence-corrected chi connectivity index (χ3v) is 4.08. The molecule has 1 aliphatic carbocycles. The van der Waals surface area contributed by atoms with Crippen molar-refractivity contribution in [3.05, 3.63) is 0 Å². The van der Waals surface area contributed by atoms with Gasteiger partial charge in [0.15, 0.2) is 0 Å². The van der Waals surface area contributed by atoms with Crippen LogP contribution in [0.15, 0.2) is 0 Å². The largest absolute Gasteiger partial charge is 0.388 e. The highest BCUT2D eigenvalue weighted by Gasteiger charge is 2.44. The van der Waals surface area contributed by atoms with Gasteiger partial charge in [0.25, 0.3) is 0 Å². The zero-order valence-electron chi connectivity index (χ0n) is 12.7. The van der Waals surface area contributed by atoms with Crippen LogP contribution in [-0.4, -0.2) is 36.1 Å². The smallest absolute Gasteiger partial charge is 0.106 e. The van der Waals surface area contributed by atoms with Crippen LogP contribution in [-0.2, 0) is 9.47 Å². The van der Waals surface area contributed by atoms with Gasteiger partial charge in [-0.15, -0.1) is 0 Å². The SMILES string of the molecule is CCOC1(C(O)COC(C)C)CCC(C)(C)CC1. The van der Waals surface area contributed by atoms with E-state index < -0.39 is 6.10 Å². The lowest BCUT2D eigenvalue weighted by molar-refractivity contribution is -0.171. The van der Waals surface area contributed by atoms with E-state index in [1.807, 2.05) is 20.8 Å². The number of aliphatic hydroxyl groups excluding tert-OH is 1. The molecule has 1 rings (SSSR count). The Morgan fingerprint density at radius 1 is 1.11 bits per heavy atom. The quantitative estimate of drug-likeness (QED) is 0.795. The molecule has 0 heterocycles. The van der Waals surface area contributed by atoms with Gasteiger partial charge in [0.2, 0.25) is 0 Å². The first-order valence-electron chi connectivity index (χ1n) is 7.25. The fourth-order valence-electron chi connectivity index (χ4n) is 2.65. The van der Waals surface area contributed by atoms with E-state index in [0.29, 0.717) is 18.6 Å². The predicted octanol–water partition coefficient (Wildman–Crippen LogP) is 3.15. The lowest BCUT2D eigenvalue weighted by Gasteiger charge is -2.45. The van der Waals surface area contributed by atoms with E-state index in [4.69, 9.17) is 9.47 Å². The van der Waals surface area contributed by atoms with Gasteiger partial charge in [-0.2, -0.15) is 0 Å². The molecular weight excluding hydrogens is 228 g/mol. The second kappa shape index (κ2) is 6.36. The molecule has 0 aromatic rings. The van der Waals surface area contributed by atoms with Crippen LogP contribution in [0.2, 0.25) is 0 Å². The Labute approximate surface area is 112 Å². The summed E-state index contributed by atoms with van der Waals surface area (Å²) < 4.78 is 11.5. The van der Waals surface area contributed by atoms with E-state index in [1.54, 1.807) is 0 Å². The lowest BCUT2D eigenvalue weighted by Crippen LogP contribution is -2.51. The van der Waals surface area contributed by atoms with Crippen molar-refractivity contribution >= 4 is 0 Å². The number of aliphatic hydroxyl groups is 1. The van der Waals surface area contributed by atoms with Crippen molar-refractivity contribution in [2.75, 3.05) is 13.2 Å². The average Bonchev–Trinajstić information content (AvgIpc) is 2.29. The van der Waals surface area contributed by atoms with E-state index in [1.165, 1.54) is 0 Å². The summed E-state index contributed by atoms with van der Waals surface area (Å²) in [6, 6.07) is 0. The number of rotatable bonds is 6. The molecule has 0 amide bonds. The van der Waals surface area contributed by atoms with Gasteiger partial charge in [-0.1, -0.05) is 13.8 Å². The molecule has 1 aliphatic rings. The van der Waals surface area contributed by atoms with Crippen LogP contribution in [0.4, 0.5) is 0 Å². The topological polar surface area (TPSA) is 38.7 Å². The first-order chi connectivity index (χ1) is 8.31. The zero-order valence-corrected chi connectivity index (χ0v) is 12.7. The Morgan fingerprint density at radius 2 is 1.67 bits per heavy atom. The van der Waals surface area contributed by atoms with Crippen LogP contribution < -0.4 is 0 Å². The van der Waals surface area contributed by atoms with Crippen LogP contribution in [0, 0.1) is 5.41 Å². The summed E-state index contributed by atoms with van der Waals surface area (Å²) in [5.41, 5.74) is -0.0155. The highest BCUT2D eigenvalue weighted by molar-refractivity contribution is 4.95. The standard InChI is InChI=1S/C15H30O3/c1-6-18-15(13(16)11-17-12(2)3)9-7-14(4,5)8-10-15/h12-13,16H,6-11H2,1-5H3. The van der Waals surface area contributed by atoms with E-state index in [-0.39, 0.29) is 11.7 Å². The maximum atomic E-state index is 10.4. The summed E-state index contributed by atoms with van der Waals surface area (Å²) in [7, 11) is 0. The van der Waals surface area contributed by atoms with Gasteiger partial charge in [0, 0.05) is 6.61 Å². The third kappa shape index (κ3) is 4.22. The van der Waals surface area contributed by atoms with Gasteiger partial charge in [0.1, 0.15) is 6.10 Å². The van der Waals surface area contributed by atoms with Crippen LogP contribution in [0.3, 0.4) is 0 Å². The fourth-order valence-corrected chi connectivity index (χ4v) is 2.65. The van der Waals surface area contributed by atoms with Gasteiger partial charge in [-0.3, -0.25) is 0 Å². The molecular formula is C15H30O3. The highest BCUT2D eigenvalue weighted by atomic mass is 16.5. The van der Waals surface area contributed by atoms with Crippen molar-refractivity contribution in [3.8, 4) is 0 Å². The lowest BCUT2D eigenvalue weighted by atomic mass is 9.69. The minimum Gasteiger partial charge on any atom is -0.388 e. The number of ether oxygens (including phenoxy) is 2. The molecule has 0 radical (unpaired) electrons. The molecule has 108 valence electrons. The van der Waals surface area contributed by atoms with Crippen molar-refractivity contribution in [1.82, 2.24) is 0 Å². The minimum absolute atomic E-state index is 0.151. The molecule has 0 aromatic heterocycles. The number of hydrogen-bond acceptors (Lipinski definition) is 3. The second-order valence-corrected chi connectivity index (χ2v) is 6.56. The second-order valence-electron chi connectivity index (χ2n) is 6.56. The molecule has 0 aliphatic heterocycles. The van der Waals surface area contributed by atoms with Gasteiger partial charge >= 0.3 is 0 Å². The molecule has 0 bridgehead atoms. The molecule has 0 spiro atoms. The van der Waals surface area contributed by atoms with E-state index in [9.17, 15) is 5.11 Å². The molecule has 0 aromatic carbocycles. The maximum absolute atomic E-state index is 10.4. The van der Waals surface area contributed by atoms with E-state index in [0.717, 1.165) is 25.7 Å². The Balaban J connectivity index is 2.63. The normalized spacial score (nSPS) is 24.2. The monoisotopic (exact) mass is 258 g/mol. The molecule has 18 heavy (non-hydrogen) atoms. The number of hydrogen-bond donors (Lipinski definition) is 1. The molecule has 1 fully saturated rings. The van der Waals surface area contributed by atoms with Crippen LogP contribution in [0.5, 0.6) is 0 Å². The Hall–Kier alpha value is -0.120. The summed E-state index contributed by atoms with van der Waals surface area (Å²) in [5.74, 6) is 0. The molecule has 1 atom stereocenters. The molecule has 0 saturated heterocycles. The molecule has 3 heteroatoms. The average molecular weight is 258 g/mol. The summed E-state index contributed by atoms with van der Waals surface area (Å²) in [6.07, 6.45) is 3.69.